The maximum atomic E-state index is 12.9. The van der Waals surface area contributed by atoms with Crippen LogP contribution in [-0.2, 0) is 20.8 Å². The largest absolute Gasteiger partial charge is 0.416 e. The summed E-state index contributed by atoms with van der Waals surface area (Å²) in [6, 6.07) is 3.79. The van der Waals surface area contributed by atoms with E-state index in [9.17, 15) is 26.4 Å². The third kappa shape index (κ3) is 6.04. The number of carbonyl (C=O) groups excluding carboxylic acids is 1. The van der Waals surface area contributed by atoms with E-state index in [2.05, 4.69) is 0 Å². The molecule has 2 rings (SSSR count). The van der Waals surface area contributed by atoms with E-state index < -0.39 is 31.9 Å². The molecule has 8 heteroatoms. The lowest BCUT2D eigenvalue weighted by molar-refractivity contribution is -0.137. The summed E-state index contributed by atoms with van der Waals surface area (Å²) in [5, 5.41) is 0. The number of nitrogens with two attached hydrogens (primary N) is 1. The molecule has 0 saturated heterocycles. The Morgan fingerprint density at radius 1 is 1.14 bits per heavy atom. The Labute approximate surface area is 171 Å². The zero-order valence-electron chi connectivity index (χ0n) is 17.0. The highest BCUT2D eigenvalue weighted by atomic mass is 32.2. The molecular weight excluding hydrogens is 403 g/mol. The molecule has 1 aliphatic rings. The van der Waals surface area contributed by atoms with Crippen LogP contribution in [0.2, 0.25) is 0 Å². The zero-order valence-corrected chi connectivity index (χ0v) is 17.8. The molecule has 1 aromatic rings. The Hall–Kier alpha value is -1.41. The summed E-state index contributed by atoms with van der Waals surface area (Å²) < 4.78 is 63.3. The standard InChI is InChI=1S/C21H30F3NO3S/c1-19(2,11-7-9-17(26)15-20(25)12-4-3-5-13-20)29(27,28)18-10-6-8-16(14-18)21(22,23)24/h6,8,10,14H,3-5,7,9,11-13,15,25H2,1-2H3. The maximum absolute atomic E-state index is 12.9. The Balaban J connectivity index is 2.00. The summed E-state index contributed by atoms with van der Waals surface area (Å²) in [6.07, 6.45) is 1.26. The number of sulfone groups is 1. The highest BCUT2D eigenvalue weighted by molar-refractivity contribution is 7.92. The summed E-state index contributed by atoms with van der Waals surface area (Å²) in [5.74, 6) is 0.0154. The molecule has 1 aromatic carbocycles. The predicted molar refractivity (Wildman–Crippen MR) is 106 cm³/mol. The van der Waals surface area contributed by atoms with Gasteiger partial charge in [-0.2, -0.15) is 13.2 Å². The Bertz CT molecular complexity index is 826. The number of carbonyl (C=O) groups is 1. The molecule has 4 nitrogen and oxygen atoms in total. The van der Waals surface area contributed by atoms with E-state index in [0.717, 1.165) is 44.2 Å². The van der Waals surface area contributed by atoms with Crippen molar-refractivity contribution in [3.8, 4) is 0 Å². The topological polar surface area (TPSA) is 77.2 Å². The van der Waals surface area contributed by atoms with Gasteiger partial charge in [0.1, 0.15) is 5.78 Å². The van der Waals surface area contributed by atoms with Crippen molar-refractivity contribution in [1.82, 2.24) is 0 Å². The van der Waals surface area contributed by atoms with E-state index in [4.69, 9.17) is 5.73 Å². The highest BCUT2D eigenvalue weighted by Crippen LogP contribution is 2.35. The molecule has 0 aliphatic heterocycles. The maximum Gasteiger partial charge on any atom is 0.416 e. The molecular formula is C21H30F3NO3S. The number of rotatable bonds is 8. The predicted octanol–water partition coefficient (Wildman–Crippen LogP) is 5.05. The first-order valence-corrected chi connectivity index (χ1v) is 11.5. The summed E-state index contributed by atoms with van der Waals surface area (Å²) in [7, 11) is -3.99. The Kier molecular flexibility index (Phi) is 7.21. The van der Waals surface area contributed by atoms with Gasteiger partial charge in [-0.15, -0.1) is 0 Å². The first-order chi connectivity index (χ1) is 13.3. The van der Waals surface area contributed by atoms with Crippen LogP contribution in [0.4, 0.5) is 13.2 Å². The molecule has 0 unspecified atom stereocenters. The highest BCUT2D eigenvalue weighted by Gasteiger charge is 2.38. The second kappa shape index (κ2) is 8.76. The van der Waals surface area contributed by atoms with Gasteiger partial charge in [0, 0.05) is 18.4 Å². The van der Waals surface area contributed by atoms with E-state index in [1.165, 1.54) is 19.9 Å². The van der Waals surface area contributed by atoms with Gasteiger partial charge in [0.25, 0.3) is 0 Å². The van der Waals surface area contributed by atoms with Gasteiger partial charge < -0.3 is 5.73 Å². The lowest BCUT2D eigenvalue weighted by atomic mass is 9.78. The van der Waals surface area contributed by atoms with E-state index in [-0.39, 0.29) is 23.5 Å². The fraction of sp³-hybridized carbons (Fsp3) is 0.667. The molecule has 0 radical (unpaired) electrons. The second-order valence-corrected chi connectivity index (χ2v) is 11.4. The van der Waals surface area contributed by atoms with Crippen molar-refractivity contribution in [2.45, 2.75) is 93.0 Å². The molecule has 0 atom stereocenters. The summed E-state index contributed by atoms with van der Waals surface area (Å²) in [5.41, 5.74) is 4.86. The van der Waals surface area contributed by atoms with Crippen molar-refractivity contribution in [2.75, 3.05) is 0 Å². The number of hydrogen-bond acceptors (Lipinski definition) is 4. The van der Waals surface area contributed by atoms with Gasteiger partial charge >= 0.3 is 6.18 Å². The molecule has 1 saturated carbocycles. The van der Waals surface area contributed by atoms with Gasteiger partial charge in [-0.25, -0.2) is 8.42 Å². The number of hydrogen-bond donors (Lipinski definition) is 1. The van der Waals surface area contributed by atoms with Crippen LogP contribution in [0.3, 0.4) is 0 Å². The summed E-state index contributed by atoms with van der Waals surface area (Å²) in [6.45, 7) is 2.97. The van der Waals surface area contributed by atoms with Crippen LogP contribution in [0.25, 0.3) is 0 Å². The van der Waals surface area contributed by atoms with Gasteiger partial charge in [0.2, 0.25) is 0 Å². The minimum atomic E-state index is -4.61. The van der Waals surface area contributed by atoms with E-state index in [1.807, 2.05) is 0 Å². The third-order valence-corrected chi connectivity index (χ3v) is 8.37. The first kappa shape index (κ1) is 23.9. The van der Waals surface area contributed by atoms with Crippen LogP contribution < -0.4 is 5.73 Å². The van der Waals surface area contributed by atoms with E-state index >= 15 is 0 Å². The fourth-order valence-corrected chi connectivity index (χ4v) is 5.51. The van der Waals surface area contributed by atoms with Gasteiger partial charge in [-0.1, -0.05) is 25.3 Å². The molecule has 0 heterocycles. The summed E-state index contributed by atoms with van der Waals surface area (Å²) >= 11 is 0. The van der Waals surface area contributed by atoms with Crippen molar-refractivity contribution in [2.24, 2.45) is 5.73 Å². The van der Waals surface area contributed by atoms with Gasteiger partial charge in [-0.3, -0.25) is 4.79 Å². The monoisotopic (exact) mass is 433 g/mol. The Morgan fingerprint density at radius 3 is 2.34 bits per heavy atom. The van der Waals surface area contributed by atoms with Gasteiger partial charge in [0.15, 0.2) is 9.84 Å². The minimum Gasteiger partial charge on any atom is -0.325 e. The average molecular weight is 434 g/mol. The quantitative estimate of drug-likeness (QED) is 0.622. The van der Waals surface area contributed by atoms with Gasteiger partial charge in [0.05, 0.1) is 15.2 Å². The third-order valence-electron chi connectivity index (χ3n) is 5.83. The average Bonchev–Trinajstić information content (AvgIpc) is 2.61. The number of alkyl halides is 3. The molecule has 2 N–H and O–H groups in total. The van der Waals surface area contributed by atoms with Crippen molar-refractivity contribution in [3.63, 3.8) is 0 Å². The van der Waals surface area contributed by atoms with E-state index in [1.54, 1.807) is 0 Å². The van der Waals surface area contributed by atoms with E-state index in [0.29, 0.717) is 18.9 Å². The van der Waals surface area contributed by atoms with Gasteiger partial charge in [-0.05, 0) is 57.7 Å². The van der Waals surface area contributed by atoms with Crippen molar-refractivity contribution < 1.29 is 26.4 Å². The number of ketones is 1. The zero-order chi connectivity index (χ0) is 21.9. The first-order valence-electron chi connectivity index (χ1n) is 9.99. The van der Waals surface area contributed by atoms with Crippen LogP contribution in [0.5, 0.6) is 0 Å². The fourth-order valence-electron chi connectivity index (χ4n) is 3.92. The van der Waals surface area contributed by atoms with Crippen molar-refractivity contribution >= 4 is 15.6 Å². The van der Waals surface area contributed by atoms with Crippen LogP contribution in [0, 0.1) is 0 Å². The second-order valence-electron chi connectivity index (χ2n) is 8.78. The Morgan fingerprint density at radius 2 is 1.76 bits per heavy atom. The number of Topliss-reactive ketones (excluding diaryl/α,β-unsaturated/α-hetero) is 1. The van der Waals surface area contributed by atoms with Crippen LogP contribution in [0.15, 0.2) is 29.2 Å². The number of benzene rings is 1. The van der Waals surface area contributed by atoms with Crippen LogP contribution in [0.1, 0.15) is 77.2 Å². The molecule has 164 valence electrons. The van der Waals surface area contributed by atoms with Crippen LogP contribution >= 0.6 is 0 Å². The SMILES string of the molecule is CC(C)(CCCC(=O)CC1(N)CCCCC1)S(=O)(=O)c1cccc(C(F)(F)F)c1. The van der Waals surface area contributed by atoms with Crippen LogP contribution in [-0.4, -0.2) is 24.5 Å². The molecule has 29 heavy (non-hydrogen) atoms. The smallest absolute Gasteiger partial charge is 0.325 e. The normalized spacial score (nSPS) is 17.9. The molecule has 1 fully saturated rings. The van der Waals surface area contributed by atoms with Crippen molar-refractivity contribution in [3.05, 3.63) is 29.8 Å². The van der Waals surface area contributed by atoms with Crippen molar-refractivity contribution in [1.29, 1.82) is 0 Å². The lowest BCUT2D eigenvalue weighted by Gasteiger charge is -2.33. The summed E-state index contributed by atoms with van der Waals surface area (Å²) in [4.78, 5) is 12.0. The lowest BCUT2D eigenvalue weighted by Crippen LogP contribution is -2.43. The molecule has 0 bridgehead atoms. The molecule has 0 amide bonds. The molecule has 0 aromatic heterocycles. The molecule has 0 spiro atoms. The number of halogens is 3. The molecule has 1 aliphatic carbocycles. The minimum absolute atomic E-state index is 0.0154.